The van der Waals surface area contributed by atoms with E-state index in [2.05, 4.69) is 18.7 Å². The van der Waals surface area contributed by atoms with Gasteiger partial charge in [0, 0.05) is 13.0 Å². The maximum absolute atomic E-state index is 12.6. The first-order chi connectivity index (χ1) is 10.6. The van der Waals surface area contributed by atoms with E-state index in [-0.39, 0.29) is 5.78 Å². The zero-order valence-electron chi connectivity index (χ0n) is 14.2. The average Bonchev–Trinajstić information content (AvgIpc) is 2.53. The second kappa shape index (κ2) is 8.33. The zero-order valence-corrected chi connectivity index (χ0v) is 14.2. The van der Waals surface area contributed by atoms with E-state index in [1.165, 1.54) is 12.8 Å². The van der Waals surface area contributed by atoms with Crippen LogP contribution in [0.5, 0.6) is 5.75 Å². The Kier molecular flexibility index (Phi) is 6.44. The van der Waals surface area contributed by atoms with Gasteiger partial charge in [-0.15, -0.1) is 0 Å². The minimum absolute atomic E-state index is 0.202. The van der Waals surface area contributed by atoms with E-state index >= 15 is 0 Å². The number of ether oxygens (including phenoxy) is 1. The molecule has 0 spiro atoms. The van der Waals surface area contributed by atoms with Gasteiger partial charge in [0.05, 0.1) is 12.2 Å². The molecule has 0 unspecified atom stereocenters. The minimum atomic E-state index is 0.202. The third-order valence-corrected chi connectivity index (χ3v) is 4.43. The first-order valence-electron chi connectivity index (χ1n) is 8.59. The molecule has 3 heteroatoms. The summed E-state index contributed by atoms with van der Waals surface area (Å²) in [6, 6.07) is 5.90. The molecule has 1 aromatic rings. The van der Waals surface area contributed by atoms with E-state index in [9.17, 15) is 4.79 Å². The first kappa shape index (κ1) is 17.0. The highest BCUT2D eigenvalue weighted by atomic mass is 16.5. The molecule has 122 valence electrons. The molecule has 3 nitrogen and oxygen atoms in total. The fourth-order valence-corrected chi connectivity index (χ4v) is 2.88. The average molecular weight is 303 g/mol. The van der Waals surface area contributed by atoms with E-state index in [1.807, 2.05) is 25.1 Å². The molecule has 0 radical (unpaired) electrons. The number of benzene rings is 1. The summed E-state index contributed by atoms with van der Waals surface area (Å²) in [6.07, 6.45) is 4.04. The van der Waals surface area contributed by atoms with Crippen molar-refractivity contribution >= 4 is 5.78 Å². The van der Waals surface area contributed by atoms with Gasteiger partial charge in [0.25, 0.3) is 0 Å². The maximum Gasteiger partial charge on any atom is 0.167 e. The van der Waals surface area contributed by atoms with Crippen LogP contribution in [0.2, 0.25) is 0 Å². The molecule has 1 aliphatic heterocycles. The highest BCUT2D eigenvalue weighted by Crippen LogP contribution is 2.23. The van der Waals surface area contributed by atoms with Crippen molar-refractivity contribution in [3.8, 4) is 5.75 Å². The summed E-state index contributed by atoms with van der Waals surface area (Å²) >= 11 is 0. The Hall–Kier alpha value is -1.35. The summed E-state index contributed by atoms with van der Waals surface area (Å²) in [4.78, 5) is 15.0. The van der Waals surface area contributed by atoms with Crippen molar-refractivity contribution in [3.63, 3.8) is 0 Å². The van der Waals surface area contributed by atoms with Gasteiger partial charge in [0.1, 0.15) is 5.75 Å². The van der Waals surface area contributed by atoms with Crippen LogP contribution < -0.4 is 4.74 Å². The van der Waals surface area contributed by atoms with E-state index in [4.69, 9.17) is 4.74 Å². The van der Waals surface area contributed by atoms with Crippen molar-refractivity contribution < 1.29 is 9.53 Å². The standard InChI is InChI=1S/C19H29NO2/c1-4-13-22-19-6-5-16(3)14-17(19)18(21)9-12-20-10-7-15(2)8-11-20/h5-6,14-15H,4,7-13H2,1-3H3. The molecular weight excluding hydrogens is 274 g/mol. The molecule has 1 fully saturated rings. The van der Waals surface area contributed by atoms with Gasteiger partial charge in [-0.05, 0) is 57.3 Å². The van der Waals surface area contributed by atoms with Crippen molar-refractivity contribution in [2.45, 2.75) is 46.5 Å². The Morgan fingerprint density at radius 1 is 1.32 bits per heavy atom. The smallest absolute Gasteiger partial charge is 0.167 e. The van der Waals surface area contributed by atoms with Gasteiger partial charge in [0.2, 0.25) is 0 Å². The van der Waals surface area contributed by atoms with Gasteiger partial charge in [-0.1, -0.05) is 25.5 Å². The second-order valence-electron chi connectivity index (χ2n) is 6.55. The van der Waals surface area contributed by atoms with Crippen LogP contribution >= 0.6 is 0 Å². The number of rotatable bonds is 7. The molecule has 22 heavy (non-hydrogen) atoms. The van der Waals surface area contributed by atoms with Gasteiger partial charge in [0.15, 0.2) is 5.78 Å². The molecule has 0 atom stereocenters. The van der Waals surface area contributed by atoms with Crippen LogP contribution in [0.15, 0.2) is 18.2 Å². The Labute approximate surface area is 134 Å². The monoisotopic (exact) mass is 303 g/mol. The third kappa shape index (κ3) is 4.84. The second-order valence-corrected chi connectivity index (χ2v) is 6.55. The molecule has 0 amide bonds. The molecule has 1 heterocycles. The van der Waals surface area contributed by atoms with Gasteiger partial charge in [-0.25, -0.2) is 0 Å². The molecule has 0 aromatic heterocycles. The first-order valence-corrected chi connectivity index (χ1v) is 8.59. The molecule has 0 N–H and O–H groups in total. The molecule has 1 aromatic carbocycles. The number of ketones is 1. The quantitative estimate of drug-likeness (QED) is 0.711. The summed E-state index contributed by atoms with van der Waals surface area (Å²) in [7, 11) is 0. The summed E-state index contributed by atoms with van der Waals surface area (Å²) in [6.45, 7) is 10.2. The highest BCUT2D eigenvalue weighted by Gasteiger charge is 2.18. The minimum Gasteiger partial charge on any atom is -0.493 e. The summed E-state index contributed by atoms with van der Waals surface area (Å²) in [5.41, 5.74) is 1.86. The van der Waals surface area contributed by atoms with Crippen LogP contribution in [0.4, 0.5) is 0 Å². The molecule has 1 aliphatic rings. The van der Waals surface area contributed by atoms with Crippen LogP contribution in [-0.2, 0) is 0 Å². The SMILES string of the molecule is CCCOc1ccc(C)cc1C(=O)CCN1CCC(C)CC1. The summed E-state index contributed by atoms with van der Waals surface area (Å²) < 4.78 is 5.73. The largest absolute Gasteiger partial charge is 0.493 e. The fraction of sp³-hybridized carbons (Fsp3) is 0.632. The number of piperidine rings is 1. The van der Waals surface area contributed by atoms with Crippen molar-refractivity contribution in [1.82, 2.24) is 4.90 Å². The number of carbonyl (C=O) groups is 1. The molecule has 1 saturated heterocycles. The predicted molar refractivity (Wildman–Crippen MR) is 90.8 cm³/mol. The number of likely N-dealkylation sites (tertiary alicyclic amines) is 1. The Balaban J connectivity index is 1.94. The van der Waals surface area contributed by atoms with Crippen LogP contribution in [0.1, 0.15) is 55.5 Å². The van der Waals surface area contributed by atoms with E-state index < -0.39 is 0 Å². The molecule has 0 aliphatic carbocycles. The topological polar surface area (TPSA) is 29.5 Å². The van der Waals surface area contributed by atoms with Crippen molar-refractivity contribution in [3.05, 3.63) is 29.3 Å². The lowest BCUT2D eigenvalue weighted by Gasteiger charge is -2.29. The number of carbonyl (C=O) groups excluding carboxylic acids is 1. The Bertz CT molecular complexity index is 490. The highest BCUT2D eigenvalue weighted by molar-refractivity contribution is 5.99. The van der Waals surface area contributed by atoms with Crippen molar-refractivity contribution in [2.75, 3.05) is 26.2 Å². The molecular formula is C19H29NO2. The van der Waals surface area contributed by atoms with E-state index in [1.54, 1.807) is 0 Å². The van der Waals surface area contributed by atoms with Crippen molar-refractivity contribution in [2.24, 2.45) is 5.92 Å². The maximum atomic E-state index is 12.6. The van der Waals surface area contributed by atoms with Gasteiger partial charge >= 0.3 is 0 Å². The third-order valence-electron chi connectivity index (χ3n) is 4.43. The molecule has 0 saturated carbocycles. The van der Waals surface area contributed by atoms with E-state index in [0.29, 0.717) is 13.0 Å². The Morgan fingerprint density at radius 3 is 2.73 bits per heavy atom. The number of nitrogens with zero attached hydrogens (tertiary/aromatic N) is 1. The van der Waals surface area contributed by atoms with Crippen molar-refractivity contribution in [1.29, 1.82) is 0 Å². The summed E-state index contributed by atoms with van der Waals surface area (Å²) in [5, 5.41) is 0. The van der Waals surface area contributed by atoms with Gasteiger partial charge in [-0.2, -0.15) is 0 Å². The van der Waals surface area contributed by atoms with Gasteiger partial charge in [-0.3, -0.25) is 4.79 Å². The lowest BCUT2D eigenvalue weighted by Crippen LogP contribution is -2.34. The lowest BCUT2D eigenvalue weighted by molar-refractivity contribution is 0.0949. The fourth-order valence-electron chi connectivity index (χ4n) is 2.88. The van der Waals surface area contributed by atoms with E-state index in [0.717, 1.165) is 48.8 Å². The number of hydrogen-bond donors (Lipinski definition) is 0. The lowest BCUT2D eigenvalue weighted by atomic mass is 9.98. The van der Waals surface area contributed by atoms with Crippen LogP contribution in [0, 0.1) is 12.8 Å². The normalized spacial score (nSPS) is 16.7. The van der Waals surface area contributed by atoms with Crippen LogP contribution in [-0.4, -0.2) is 36.9 Å². The molecule has 0 bridgehead atoms. The Morgan fingerprint density at radius 2 is 2.05 bits per heavy atom. The zero-order chi connectivity index (χ0) is 15.9. The number of aryl methyl sites for hydroxylation is 1. The van der Waals surface area contributed by atoms with Crippen LogP contribution in [0.3, 0.4) is 0 Å². The number of Topliss-reactive ketones (excluding diaryl/α,β-unsaturated/α-hetero) is 1. The van der Waals surface area contributed by atoms with Crippen LogP contribution in [0.25, 0.3) is 0 Å². The summed E-state index contributed by atoms with van der Waals surface area (Å²) in [5.74, 6) is 1.77. The predicted octanol–water partition coefficient (Wildman–Crippen LogP) is 4.09. The van der Waals surface area contributed by atoms with Gasteiger partial charge < -0.3 is 9.64 Å². The number of hydrogen-bond acceptors (Lipinski definition) is 3. The molecule has 2 rings (SSSR count).